The normalized spacial score (nSPS) is 11.2. The van der Waals surface area contributed by atoms with Gasteiger partial charge in [-0.05, 0) is 37.8 Å². The van der Waals surface area contributed by atoms with Crippen molar-refractivity contribution in [3.8, 4) is 5.75 Å². The zero-order valence-electron chi connectivity index (χ0n) is 16.2. The first-order valence-electron chi connectivity index (χ1n) is 8.80. The van der Waals surface area contributed by atoms with Gasteiger partial charge in [0.1, 0.15) is 12.4 Å². The maximum Gasteiger partial charge on any atom is 0.191 e. The maximum absolute atomic E-state index is 5.83. The van der Waals surface area contributed by atoms with Gasteiger partial charge in [-0.2, -0.15) is 0 Å². The van der Waals surface area contributed by atoms with Gasteiger partial charge in [0.25, 0.3) is 0 Å². The highest BCUT2D eigenvalue weighted by atomic mass is 127. The molecule has 1 aromatic rings. The van der Waals surface area contributed by atoms with Gasteiger partial charge in [-0.25, -0.2) is 4.99 Å². The van der Waals surface area contributed by atoms with Crippen molar-refractivity contribution in [2.24, 2.45) is 10.9 Å². The van der Waals surface area contributed by atoms with Crippen LogP contribution in [0.5, 0.6) is 5.75 Å². The minimum atomic E-state index is 0. The van der Waals surface area contributed by atoms with Crippen molar-refractivity contribution in [3.63, 3.8) is 0 Å². The summed E-state index contributed by atoms with van der Waals surface area (Å²) in [6.07, 6.45) is 1.13. The van der Waals surface area contributed by atoms with Crippen LogP contribution in [-0.2, 0) is 11.3 Å². The van der Waals surface area contributed by atoms with Gasteiger partial charge in [-0.15, -0.1) is 24.0 Å². The molecule has 0 aliphatic heterocycles. The summed E-state index contributed by atoms with van der Waals surface area (Å²) in [5, 5.41) is 6.67. The lowest BCUT2D eigenvalue weighted by atomic mass is 10.1. The van der Waals surface area contributed by atoms with Crippen LogP contribution in [0.1, 0.15) is 38.3 Å². The topological polar surface area (TPSA) is 54.9 Å². The van der Waals surface area contributed by atoms with E-state index in [4.69, 9.17) is 9.47 Å². The number of methoxy groups -OCH3 is 1. The molecule has 0 atom stereocenters. The number of hydrogen-bond donors (Lipinski definition) is 2. The van der Waals surface area contributed by atoms with Gasteiger partial charge in [-0.1, -0.05) is 26.0 Å². The van der Waals surface area contributed by atoms with Gasteiger partial charge in [0, 0.05) is 25.8 Å². The van der Waals surface area contributed by atoms with Gasteiger partial charge >= 0.3 is 0 Å². The second kappa shape index (κ2) is 14.2. The first-order chi connectivity index (χ1) is 11.6. The van der Waals surface area contributed by atoms with E-state index in [2.05, 4.69) is 61.5 Å². The molecule has 144 valence electrons. The third kappa shape index (κ3) is 10.5. The van der Waals surface area contributed by atoms with E-state index in [0.717, 1.165) is 36.8 Å². The van der Waals surface area contributed by atoms with Gasteiger partial charge in [0.2, 0.25) is 0 Å². The molecule has 0 heterocycles. The minimum Gasteiger partial charge on any atom is -0.491 e. The van der Waals surface area contributed by atoms with Gasteiger partial charge in [0.15, 0.2) is 5.96 Å². The summed E-state index contributed by atoms with van der Waals surface area (Å²) >= 11 is 0. The predicted molar refractivity (Wildman–Crippen MR) is 116 cm³/mol. The lowest BCUT2D eigenvalue weighted by molar-refractivity contribution is 0.145. The van der Waals surface area contributed by atoms with E-state index in [1.807, 2.05) is 0 Å². The summed E-state index contributed by atoms with van der Waals surface area (Å²) in [6.45, 7) is 12.1. The summed E-state index contributed by atoms with van der Waals surface area (Å²) < 4.78 is 10.9. The fraction of sp³-hybridized carbons (Fsp3) is 0.632. The zero-order valence-corrected chi connectivity index (χ0v) is 18.6. The van der Waals surface area contributed by atoms with E-state index in [1.54, 1.807) is 7.11 Å². The molecule has 0 amide bonds. The Bertz CT molecular complexity index is 507. The van der Waals surface area contributed by atoms with Gasteiger partial charge in [0.05, 0.1) is 13.2 Å². The Morgan fingerprint density at radius 3 is 2.60 bits per heavy atom. The Morgan fingerprint density at radius 1 is 1.20 bits per heavy atom. The number of ether oxygens (including phenoxy) is 2. The Morgan fingerprint density at radius 2 is 1.96 bits per heavy atom. The highest BCUT2D eigenvalue weighted by Gasteiger charge is 2.05. The molecule has 0 radical (unpaired) electrons. The number of aryl methyl sites for hydroxylation is 1. The number of benzene rings is 1. The molecule has 0 aliphatic rings. The van der Waals surface area contributed by atoms with Gasteiger partial charge < -0.3 is 20.1 Å². The Hall–Kier alpha value is -1.02. The Balaban J connectivity index is 0.00000576. The van der Waals surface area contributed by atoms with Crippen LogP contribution in [0.25, 0.3) is 0 Å². The van der Waals surface area contributed by atoms with Crippen LogP contribution in [0, 0.1) is 12.8 Å². The summed E-state index contributed by atoms with van der Waals surface area (Å²) in [7, 11) is 1.68. The zero-order chi connectivity index (χ0) is 17.8. The second-order valence-electron chi connectivity index (χ2n) is 6.26. The van der Waals surface area contributed by atoms with E-state index in [0.29, 0.717) is 25.7 Å². The van der Waals surface area contributed by atoms with Crippen molar-refractivity contribution in [3.05, 3.63) is 29.3 Å². The van der Waals surface area contributed by atoms with E-state index in [1.165, 1.54) is 5.56 Å². The van der Waals surface area contributed by atoms with E-state index in [-0.39, 0.29) is 24.0 Å². The van der Waals surface area contributed by atoms with Crippen molar-refractivity contribution >= 4 is 29.9 Å². The van der Waals surface area contributed by atoms with E-state index >= 15 is 0 Å². The third-order valence-electron chi connectivity index (χ3n) is 3.53. The highest BCUT2D eigenvalue weighted by molar-refractivity contribution is 14.0. The molecule has 0 fully saturated rings. The van der Waals surface area contributed by atoms with Crippen molar-refractivity contribution in [2.75, 3.05) is 33.4 Å². The van der Waals surface area contributed by atoms with Crippen LogP contribution in [-0.4, -0.2) is 39.4 Å². The largest absolute Gasteiger partial charge is 0.491 e. The van der Waals surface area contributed by atoms with Crippen molar-refractivity contribution in [1.82, 2.24) is 10.6 Å². The Kier molecular flexibility index (Phi) is 13.6. The molecule has 1 rings (SSSR count). The average molecular weight is 463 g/mol. The van der Waals surface area contributed by atoms with Crippen molar-refractivity contribution < 1.29 is 9.47 Å². The molecular formula is C19H34IN3O2. The number of nitrogens with zero attached hydrogens (tertiary/aromatic N) is 1. The molecule has 0 spiro atoms. The quantitative estimate of drug-likeness (QED) is 0.240. The van der Waals surface area contributed by atoms with Gasteiger partial charge in [-0.3, -0.25) is 0 Å². The molecule has 6 heteroatoms. The molecule has 0 saturated heterocycles. The lowest BCUT2D eigenvalue weighted by Gasteiger charge is -2.14. The highest BCUT2D eigenvalue weighted by Crippen LogP contribution is 2.21. The molecule has 0 aromatic heterocycles. The van der Waals surface area contributed by atoms with Crippen LogP contribution < -0.4 is 15.4 Å². The standard InChI is InChI=1S/C19H33N3O2.HI/c1-6-20-19(21-10-9-15(2)3)22-14-17-8-7-16(4)13-18(17)24-12-11-23-5;/h7-8,13,15H,6,9-12,14H2,1-5H3,(H2,20,21,22);1H. The summed E-state index contributed by atoms with van der Waals surface area (Å²) in [5.74, 6) is 2.41. The molecule has 0 bridgehead atoms. The Labute approximate surface area is 170 Å². The molecule has 0 unspecified atom stereocenters. The third-order valence-corrected chi connectivity index (χ3v) is 3.53. The average Bonchev–Trinajstić information content (AvgIpc) is 2.54. The molecular weight excluding hydrogens is 429 g/mol. The fourth-order valence-electron chi connectivity index (χ4n) is 2.15. The number of hydrogen-bond acceptors (Lipinski definition) is 3. The maximum atomic E-state index is 5.83. The lowest BCUT2D eigenvalue weighted by Crippen LogP contribution is -2.38. The van der Waals surface area contributed by atoms with Crippen LogP contribution >= 0.6 is 24.0 Å². The molecule has 1 aromatic carbocycles. The smallest absolute Gasteiger partial charge is 0.191 e. The molecule has 5 nitrogen and oxygen atoms in total. The van der Waals surface area contributed by atoms with Crippen LogP contribution in [0.4, 0.5) is 0 Å². The van der Waals surface area contributed by atoms with Crippen molar-refractivity contribution in [1.29, 1.82) is 0 Å². The first-order valence-corrected chi connectivity index (χ1v) is 8.80. The summed E-state index contributed by atoms with van der Waals surface area (Å²) in [6, 6.07) is 6.23. The predicted octanol–water partition coefficient (Wildman–Crippen LogP) is 3.74. The van der Waals surface area contributed by atoms with E-state index in [9.17, 15) is 0 Å². The number of rotatable bonds is 10. The molecule has 0 saturated carbocycles. The summed E-state index contributed by atoms with van der Waals surface area (Å²) in [4.78, 5) is 4.68. The number of guanidine groups is 1. The second-order valence-corrected chi connectivity index (χ2v) is 6.26. The molecule has 0 aliphatic carbocycles. The first kappa shape index (κ1) is 24.0. The van der Waals surface area contributed by atoms with Crippen LogP contribution in [0.15, 0.2) is 23.2 Å². The fourth-order valence-corrected chi connectivity index (χ4v) is 2.15. The minimum absolute atomic E-state index is 0. The number of halogens is 1. The summed E-state index contributed by atoms with van der Waals surface area (Å²) in [5.41, 5.74) is 2.26. The number of aliphatic imine (C=N–C) groups is 1. The number of nitrogens with one attached hydrogen (secondary N) is 2. The van der Waals surface area contributed by atoms with E-state index < -0.39 is 0 Å². The monoisotopic (exact) mass is 463 g/mol. The van der Waals surface area contributed by atoms with Crippen LogP contribution in [0.2, 0.25) is 0 Å². The van der Waals surface area contributed by atoms with Crippen LogP contribution in [0.3, 0.4) is 0 Å². The molecule has 2 N–H and O–H groups in total. The molecule has 25 heavy (non-hydrogen) atoms. The SMILES string of the molecule is CCNC(=NCc1ccc(C)cc1OCCOC)NCCC(C)C.I. The van der Waals surface area contributed by atoms with Crippen molar-refractivity contribution in [2.45, 2.75) is 40.7 Å².